The van der Waals surface area contributed by atoms with Crippen LogP contribution in [0.2, 0.25) is 0 Å². The topological polar surface area (TPSA) is 128 Å². The van der Waals surface area contributed by atoms with E-state index in [9.17, 15) is 4.79 Å². The normalized spacial score (nSPS) is 10.3. The molecular weight excluding hydrogens is 314 g/mol. The minimum atomic E-state index is -0.951. The molecular formula is C13H17N9O2. The maximum absolute atomic E-state index is 10.6. The molecule has 0 aliphatic rings. The summed E-state index contributed by atoms with van der Waals surface area (Å²) in [4.78, 5) is 12.6. The first-order valence-electron chi connectivity index (χ1n) is 6.98. The summed E-state index contributed by atoms with van der Waals surface area (Å²) in [7, 11) is 4.04. The van der Waals surface area contributed by atoms with Crippen molar-refractivity contribution in [2.24, 2.45) is 0 Å². The molecule has 0 aliphatic heterocycles. The zero-order chi connectivity index (χ0) is 17.4. The molecule has 24 heavy (non-hydrogen) atoms. The number of hydrogen-bond acceptors (Lipinski definition) is 8. The van der Waals surface area contributed by atoms with Gasteiger partial charge < -0.3 is 10.0 Å². The van der Waals surface area contributed by atoms with E-state index in [2.05, 4.69) is 36.0 Å². The van der Waals surface area contributed by atoms with Crippen molar-refractivity contribution >= 4 is 5.97 Å². The van der Waals surface area contributed by atoms with E-state index in [1.165, 1.54) is 23.1 Å². The number of tetrazole rings is 2. The average Bonchev–Trinajstić information content (AvgIpc) is 3.27. The summed E-state index contributed by atoms with van der Waals surface area (Å²) < 4.78 is 3.16. The molecule has 0 spiro atoms. The van der Waals surface area contributed by atoms with Crippen molar-refractivity contribution in [1.82, 2.24) is 45.3 Å². The Morgan fingerprint density at radius 3 is 2.25 bits per heavy atom. The van der Waals surface area contributed by atoms with Crippen LogP contribution in [-0.4, -0.2) is 77.0 Å². The summed E-state index contributed by atoms with van der Waals surface area (Å²) in [6.45, 7) is 1.81. The predicted molar refractivity (Wildman–Crippen MR) is 82.5 cm³/mol. The Balaban J connectivity index is 0.000000185. The summed E-state index contributed by atoms with van der Waals surface area (Å²) in [5, 5.41) is 30.0. The van der Waals surface area contributed by atoms with E-state index in [4.69, 9.17) is 5.11 Å². The Morgan fingerprint density at radius 1 is 1.08 bits per heavy atom. The Hall–Kier alpha value is -3.21. The van der Waals surface area contributed by atoms with Crippen molar-refractivity contribution in [3.63, 3.8) is 0 Å². The van der Waals surface area contributed by atoms with Crippen LogP contribution in [0.25, 0.3) is 5.69 Å². The Kier molecular flexibility index (Phi) is 6.02. The van der Waals surface area contributed by atoms with Gasteiger partial charge in [-0.15, -0.1) is 10.2 Å². The first-order valence-corrected chi connectivity index (χ1v) is 6.98. The standard InChI is InChI=1S/C8H6N4O2.C5H11N5/c13-8(14)6-1-3-7(4-2-6)12-5-9-10-11-12;1-9(2)3-4-10-5-6-7-8-10/h1-5H,(H,13,14);5H,3-4H2,1-2H3. The largest absolute Gasteiger partial charge is 0.478 e. The van der Waals surface area contributed by atoms with Crippen LogP contribution in [-0.2, 0) is 6.54 Å². The molecule has 11 heteroatoms. The van der Waals surface area contributed by atoms with Gasteiger partial charge >= 0.3 is 5.97 Å². The number of benzene rings is 1. The van der Waals surface area contributed by atoms with Crippen LogP contribution in [0.1, 0.15) is 10.4 Å². The summed E-state index contributed by atoms with van der Waals surface area (Å²) in [5.74, 6) is -0.951. The van der Waals surface area contributed by atoms with E-state index in [1.807, 2.05) is 14.1 Å². The quantitative estimate of drug-likeness (QED) is 0.663. The Morgan fingerprint density at radius 2 is 1.75 bits per heavy atom. The van der Waals surface area contributed by atoms with Gasteiger partial charge in [-0.3, -0.25) is 0 Å². The fourth-order valence-corrected chi connectivity index (χ4v) is 1.62. The first-order chi connectivity index (χ1) is 11.6. The number of aromatic nitrogens is 8. The number of nitrogens with zero attached hydrogens (tertiary/aromatic N) is 9. The minimum Gasteiger partial charge on any atom is -0.478 e. The van der Waals surface area contributed by atoms with E-state index in [0.717, 1.165) is 18.8 Å². The van der Waals surface area contributed by atoms with Crippen LogP contribution in [0.3, 0.4) is 0 Å². The molecule has 2 aromatic heterocycles. The smallest absolute Gasteiger partial charge is 0.335 e. The molecule has 1 aromatic carbocycles. The van der Waals surface area contributed by atoms with Gasteiger partial charge in [0.25, 0.3) is 0 Å². The fraction of sp³-hybridized carbons (Fsp3) is 0.308. The van der Waals surface area contributed by atoms with Crippen LogP contribution in [0.5, 0.6) is 0 Å². The van der Waals surface area contributed by atoms with E-state index < -0.39 is 5.97 Å². The molecule has 0 atom stereocenters. The number of carboxylic acids is 1. The lowest BCUT2D eigenvalue weighted by atomic mass is 10.2. The lowest BCUT2D eigenvalue weighted by molar-refractivity contribution is 0.0697. The van der Waals surface area contributed by atoms with Gasteiger partial charge in [0.1, 0.15) is 12.7 Å². The second-order valence-corrected chi connectivity index (χ2v) is 4.98. The zero-order valence-corrected chi connectivity index (χ0v) is 13.3. The zero-order valence-electron chi connectivity index (χ0n) is 13.3. The number of aromatic carboxylic acids is 1. The van der Waals surface area contributed by atoms with Gasteiger partial charge in [0.05, 0.1) is 17.8 Å². The molecule has 11 nitrogen and oxygen atoms in total. The van der Waals surface area contributed by atoms with Gasteiger partial charge in [-0.2, -0.15) is 0 Å². The van der Waals surface area contributed by atoms with Crippen molar-refractivity contribution in [2.75, 3.05) is 20.6 Å². The van der Waals surface area contributed by atoms with Gasteiger partial charge in [0.15, 0.2) is 0 Å². The number of carbonyl (C=O) groups is 1. The summed E-state index contributed by atoms with van der Waals surface area (Å²) in [6.07, 6.45) is 3.05. The molecule has 0 aliphatic carbocycles. The molecule has 2 heterocycles. The lowest BCUT2D eigenvalue weighted by Crippen LogP contribution is -2.18. The van der Waals surface area contributed by atoms with Crippen LogP contribution < -0.4 is 0 Å². The third kappa shape index (κ3) is 5.21. The Labute approximate surface area is 137 Å². The molecule has 3 aromatic rings. The van der Waals surface area contributed by atoms with Crippen molar-refractivity contribution in [2.45, 2.75) is 6.54 Å². The van der Waals surface area contributed by atoms with Crippen molar-refractivity contribution < 1.29 is 9.90 Å². The summed E-state index contributed by atoms with van der Waals surface area (Å²) in [6, 6.07) is 6.28. The molecule has 0 saturated carbocycles. The average molecular weight is 331 g/mol. The fourth-order valence-electron chi connectivity index (χ4n) is 1.62. The van der Waals surface area contributed by atoms with Gasteiger partial charge in [-0.1, -0.05) is 0 Å². The van der Waals surface area contributed by atoms with Crippen LogP contribution in [0, 0.1) is 0 Å². The maximum atomic E-state index is 10.6. The SMILES string of the molecule is CN(C)CCn1cnnn1.O=C(O)c1ccc(-n2cnnn2)cc1. The van der Waals surface area contributed by atoms with E-state index >= 15 is 0 Å². The molecule has 1 N–H and O–H groups in total. The molecule has 3 rings (SSSR count). The van der Waals surface area contributed by atoms with Gasteiger partial charge in [0, 0.05) is 6.54 Å². The molecule has 126 valence electrons. The van der Waals surface area contributed by atoms with Crippen LogP contribution >= 0.6 is 0 Å². The van der Waals surface area contributed by atoms with E-state index in [1.54, 1.807) is 23.1 Å². The molecule has 0 radical (unpaired) electrons. The number of carboxylic acid groups (broad SMARTS) is 1. The molecule has 0 amide bonds. The van der Waals surface area contributed by atoms with Gasteiger partial charge in [-0.05, 0) is 59.2 Å². The third-order valence-corrected chi connectivity index (χ3v) is 2.90. The van der Waals surface area contributed by atoms with Crippen molar-refractivity contribution in [3.05, 3.63) is 42.5 Å². The highest BCUT2D eigenvalue weighted by Crippen LogP contribution is 2.07. The van der Waals surface area contributed by atoms with E-state index in [-0.39, 0.29) is 5.56 Å². The van der Waals surface area contributed by atoms with Crippen LogP contribution in [0.15, 0.2) is 36.9 Å². The molecule has 0 bridgehead atoms. The maximum Gasteiger partial charge on any atom is 0.335 e. The summed E-state index contributed by atoms with van der Waals surface area (Å²) >= 11 is 0. The number of likely N-dealkylation sites (N-methyl/N-ethyl adjacent to an activating group) is 1. The minimum absolute atomic E-state index is 0.238. The van der Waals surface area contributed by atoms with E-state index in [0.29, 0.717) is 0 Å². The monoisotopic (exact) mass is 331 g/mol. The molecule has 0 fully saturated rings. The van der Waals surface area contributed by atoms with Gasteiger partial charge in [0.2, 0.25) is 0 Å². The highest BCUT2D eigenvalue weighted by Gasteiger charge is 2.02. The number of hydrogen-bond donors (Lipinski definition) is 1. The first kappa shape index (κ1) is 17.1. The number of rotatable bonds is 5. The lowest BCUT2D eigenvalue weighted by Gasteiger charge is -2.07. The van der Waals surface area contributed by atoms with Gasteiger partial charge in [-0.25, -0.2) is 14.2 Å². The summed E-state index contributed by atoms with van der Waals surface area (Å²) in [5.41, 5.74) is 0.960. The molecule has 0 saturated heterocycles. The highest BCUT2D eigenvalue weighted by molar-refractivity contribution is 5.87. The highest BCUT2D eigenvalue weighted by atomic mass is 16.4. The predicted octanol–water partition coefficient (Wildman–Crippen LogP) is -0.405. The Bertz CT molecular complexity index is 723. The van der Waals surface area contributed by atoms with Crippen LogP contribution in [0.4, 0.5) is 0 Å². The van der Waals surface area contributed by atoms with Crippen molar-refractivity contribution in [3.8, 4) is 5.69 Å². The second kappa shape index (κ2) is 8.43. The third-order valence-electron chi connectivity index (χ3n) is 2.90. The second-order valence-electron chi connectivity index (χ2n) is 4.98. The van der Waals surface area contributed by atoms with Crippen molar-refractivity contribution in [1.29, 1.82) is 0 Å². The molecule has 0 unspecified atom stereocenters.